The van der Waals surface area contributed by atoms with Crippen molar-refractivity contribution in [1.29, 1.82) is 0 Å². The van der Waals surface area contributed by atoms with Crippen molar-refractivity contribution in [2.45, 2.75) is 11.2 Å². The van der Waals surface area contributed by atoms with E-state index in [0.29, 0.717) is 17.1 Å². The summed E-state index contributed by atoms with van der Waals surface area (Å²) in [6, 6.07) is 4.79. The first-order chi connectivity index (χ1) is 9.82. The molecular weight excluding hydrogens is 300 g/mol. The second kappa shape index (κ2) is 4.35. The Labute approximate surface area is 121 Å². The number of aliphatic hydroxyl groups excluding tert-OH is 1. The highest BCUT2D eigenvalue weighted by Crippen LogP contribution is 2.63. The van der Waals surface area contributed by atoms with Crippen LogP contribution in [0.4, 0.5) is 0 Å². The monoisotopic (exact) mass is 314 g/mol. The number of benzene rings is 1. The Morgan fingerprint density at radius 2 is 2.05 bits per heavy atom. The standard InChI is InChI=1S/C13H14O7S/c1-21(17,18)11-10(13(11,5-14)12(15)16)7-2-3-8-9(4-7)20-6-19-8/h2-4,10-11,14H,5-6H2,1H3,(H,15,16)/t10-,11-,13-/m1/s1. The van der Waals surface area contributed by atoms with Crippen LogP contribution in [-0.2, 0) is 14.6 Å². The lowest BCUT2D eigenvalue weighted by Crippen LogP contribution is -2.27. The van der Waals surface area contributed by atoms with Crippen LogP contribution in [0.5, 0.6) is 11.5 Å². The first-order valence-electron chi connectivity index (χ1n) is 6.25. The Morgan fingerprint density at radius 1 is 1.38 bits per heavy atom. The molecule has 1 aromatic carbocycles. The van der Waals surface area contributed by atoms with Gasteiger partial charge in [-0.3, -0.25) is 4.79 Å². The summed E-state index contributed by atoms with van der Waals surface area (Å²) in [5.41, 5.74) is -1.19. The molecular formula is C13H14O7S. The van der Waals surface area contributed by atoms with Crippen molar-refractivity contribution in [3.05, 3.63) is 23.8 Å². The molecule has 3 atom stereocenters. The summed E-state index contributed by atoms with van der Waals surface area (Å²) in [4.78, 5) is 11.5. The minimum atomic E-state index is -3.62. The molecule has 21 heavy (non-hydrogen) atoms. The van der Waals surface area contributed by atoms with Gasteiger partial charge in [0.1, 0.15) is 5.41 Å². The second-order valence-electron chi connectivity index (χ2n) is 5.34. The van der Waals surface area contributed by atoms with Crippen LogP contribution in [-0.4, -0.2) is 49.5 Å². The maximum Gasteiger partial charge on any atom is 0.314 e. The maximum absolute atomic E-state index is 11.9. The first-order valence-corrected chi connectivity index (χ1v) is 8.20. The van der Waals surface area contributed by atoms with Crippen LogP contribution in [0.1, 0.15) is 11.5 Å². The van der Waals surface area contributed by atoms with Gasteiger partial charge in [-0.15, -0.1) is 0 Å². The molecule has 0 amide bonds. The molecule has 2 N–H and O–H groups in total. The smallest absolute Gasteiger partial charge is 0.314 e. The average Bonchev–Trinajstić information content (AvgIpc) is 2.92. The van der Waals surface area contributed by atoms with Crippen LogP contribution in [0.15, 0.2) is 18.2 Å². The zero-order valence-electron chi connectivity index (χ0n) is 11.1. The summed E-state index contributed by atoms with van der Waals surface area (Å²) in [7, 11) is -3.62. The Kier molecular flexibility index (Phi) is 2.93. The molecule has 114 valence electrons. The zero-order valence-corrected chi connectivity index (χ0v) is 12.0. The normalized spacial score (nSPS) is 30.2. The summed E-state index contributed by atoms with van der Waals surface area (Å²) >= 11 is 0. The zero-order chi connectivity index (χ0) is 15.4. The van der Waals surface area contributed by atoms with Gasteiger partial charge in [-0.2, -0.15) is 0 Å². The highest BCUT2D eigenvalue weighted by atomic mass is 32.2. The van der Waals surface area contributed by atoms with Crippen molar-refractivity contribution >= 4 is 15.8 Å². The third-order valence-corrected chi connectivity index (χ3v) is 5.75. The van der Waals surface area contributed by atoms with Crippen molar-refractivity contribution < 1.29 is 32.9 Å². The van der Waals surface area contributed by atoms with Gasteiger partial charge in [-0.1, -0.05) is 6.07 Å². The number of aliphatic hydroxyl groups is 1. The molecule has 0 unspecified atom stereocenters. The van der Waals surface area contributed by atoms with E-state index >= 15 is 0 Å². The number of fused-ring (bicyclic) bond motifs is 1. The predicted octanol–water partition coefficient (Wildman–Crippen LogP) is -0.0110. The third kappa shape index (κ3) is 1.90. The van der Waals surface area contributed by atoms with E-state index in [1.165, 1.54) is 0 Å². The molecule has 1 aliphatic heterocycles. The molecule has 0 spiro atoms. The van der Waals surface area contributed by atoms with Gasteiger partial charge in [0.05, 0.1) is 11.9 Å². The van der Waals surface area contributed by atoms with Crippen molar-refractivity contribution in [3.63, 3.8) is 0 Å². The van der Waals surface area contributed by atoms with Gasteiger partial charge in [-0.05, 0) is 17.7 Å². The van der Waals surface area contributed by atoms with Crippen LogP contribution >= 0.6 is 0 Å². The van der Waals surface area contributed by atoms with Gasteiger partial charge in [0.25, 0.3) is 0 Å². The van der Waals surface area contributed by atoms with Crippen LogP contribution in [0.25, 0.3) is 0 Å². The van der Waals surface area contributed by atoms with E-state index in [9.17, 15) is 23.4 Å². The number of ether oxygens (including phenoxy) is 2. The molecule has 1 aromatic rings. The largest absolute Gasteiger partial charge is 0.481 e. The SMILES string of the molecule is CS(=O)(=O)[C@@H]1[C@@H](c2ccc3c(c2)OCO3)[C@@]1(CO)C(=O)O. The van der Waals surface area contributed by atoms with Gasteiger partial charge >= 0.3 is 5.97 Å². The molecule has 8 heteroatoms. The fourth-order valence-corrected chi connectivity index (χ4v) is 5.03. The number of carboxylic acid groups (broad SMARTS) is 1. The molecule has 3 rings (SSSR count). The van der Waals surface area contributed by atoms with Gasteiger partial charge in [-0.25, -0.2) is 8.42 Å². The number of carbonyl (C=O) groups is 1. The lowest BCUT2D eigenvalue weighted by Gasteiger charge is -2.08. The molecule has 0 aromatic heterocycles. The maximum atomic E-state index is 11.9. The van der Waals surface area contributed by atoms with Crippen LogP contribution < -0.4 is 9.47 Å². The van der Waals surface area contributed by atoms with Gasteiger partial charge in [0.15, 0.2) is 21.3 Å². The van der Waals surface area contributed by atoms with E-state index in [4.69, 9.17) is 9.47 Å². The molecule has 0 saturated heterocycles. The molecule has 1 fully saturated rings. The Morgan fingerprint density at radius 3 is 2.57 bits per heavy atom. The van der Waals surface area contributed by atoms with E-state index in [1.807, 2.05) is 0 Å². The summed E-state index contributed by atoms with van der Waals surface area (Å²) in [6.07, 6.45) is 0.984. The number of carboxylic acids is 1. The van der Waals surface area contributed by atoms with Crippen LogP contribution in [0.2, 0.25) is 0 Å². The van der Waals surface area contributed by atoms with Crippen molar-refractivity contribution in [1.82, 2.24) is 0 Å². The van der Waals surface area contributed by atoms with Crippen LogP contribution in [0.3, 0.4) is 0 Å². The summed E-state index contributed by atoms with van der Waals surface area (Å²) < 4.78 is 34.1. The van der Waals surface area contributed by atoms with Crippen molar-refractivity contribution in [3.8, 4) is 11.5 Å². The number of aliphatic carboxylic acids is 1. The van der Waals surface area contributed by atoms with E-state index in [0.717, 1.165) is 6.26 Å². The van der Waals surface area contributed by atoms with E-state index in [-0.39, 0.29) is 6.79 Å². The van der Waals surface area contributed by atoms with E-state index in [2.05, 4.69) is 0 Å². The number of sulfone groups is 1. The Balaban J connectivity index is 2.06. The molecule has 1 heterocycles. The highest BCUT2D eigenvalue weighted by molar-refractivity contribution is 7.91. The number of rotatable bonds is 4. The summed E-state index contributed by atoms with van der Waals surface area (Å²) in [5, 5.41) is 17.7. The number of hydrogen-bond donors (Lipinski definition) is 2. The summed E-state index contributed by atoms with van der Waals surface area (Å²) in [5.74, 6) is -1.14. The first kappa shape index (κ1) is 14.2. The lowest BCUT2D eigenvalue weighted by molar-refractivity contribution is -0.145. The highest BCUT2D eigenvalue weighted by Gasteiger charge is 2.74. The summed E-state index contributed by atoms with van der Waals surface area (Å²) in [6.45, 7) is -0.664. The fourth-order valence-electron chi connectivity index (χ4n) is 3.12. The Hall–Kier alpha value is -1.80. The lowest BCUT2D eigenvalue weighted by atomic mass is 10.00. The minimum absolute atomic E-state index is 0.0725. The fraction of sp³-hybridized carbons (Fsp3) is 0.462. The molecule has 7 nitrogen and oxygen atoms in total. The van der Waals surface area contributed by atoms with E-state index in [1.54, 1.807) is 18.2 Å². The second-order valence-corrected chi connectivity index (χ2v) is 7.51. The molecule has 1 aliphatic carbocycles. The minimum Gasteiger partial charge on any atom is -0.481 e. The topological polar surface area (TPSA) is 110 Å². The van der Waals surface area contributed by atoms with Crippen molar-refractivity contribution in [2.75, 3.05) is 19.7 Å². The van der Waals surface area contributed by atoms with E-state index < -0.39 is 39.0 Å². The van der Waals surface area contributed by atoms with Crippen molar-refractivity contribution in [2.24, 2.45) is 5.41 Å². The quantitative estimate of drug-likeness (QED) is 0.804. The predicted molar refractivity (Wildman–Crippen MR) is 71.1 cm³/mol. The molecule has 2 aliphatic rings. The van der Waals surface area contributed by atoms with Crippen LogP contribution in [0, 0.1) is 5.41 Å². The Bertz CT molecular complexity index is 711. The van der Waals surface area contributed by atoms with Gasteiger partial charge in [0.2, 0.25) is 6.79 Å². The molecule has 0 radical (unpaired) electrons. The molecule has 0 bridgehead atoms. The van der Waals surface area contributed by atoms with Gasteiger partial charge < -0.3 is 19.7 Å². The molecule has 1 saturated carbocycles. The third-order valence-electron chi connectivity index (χ3n) is 4.13. The average molecular weight is 314 g/mol. The number of hydrogen-bond acceptors (Lipinski definition) is 6. The van der Waals surface area contributed by atoms with Gasteiger partial charge in [0, 0.05) is 12.2 Å².